The Morgan fingerprint density at radius 3 is 2.65 bits per heavy atom. The summed E-state index contributed by atoms with van der Waals surface area (Å²) in [6, 6.07) is 14.9. The molecular weight excluding hydrogens is 253 g/mol. The Balaban J connectivity index is 2.03. The molecule has 106 valence electrons. The zero-order valence-corrected chi connectivity index (χ0v) is 11.9. The van der Waals surface area contributed by atoms with Gasteiger partial charge in [-0.1, -0.05) is 31.2 Å². The van der Waals surface area contributed by atoms with Crippen molar-refractivity contribution in [3.63, 3.8) is 0 Å². The van der Waals surface area contributed by atoms with Crippen LogP contribution in [-0.4, -0.2) is 7.11 Å². The van der Waals surface area contributed by atoms with Crippen LogP contribution in [-0.2, 0) is 6.54 Å². The van der Waals surface area contributed by atoms with Gasteiger partial charge < -0.3 is 10.1 Å². The lowest BCUT2D eigenvalue weighted by molar-refractivity contribution is 0.413. The van der Waals surface area contributed by atoms with E-state index in [2.05, 4.69) is 12.2 Å². The van der Waals surface area contributed by atoms with Crippen LogP contribution in [0, 0.1) is 5.82 Å². The van der Waals surface area contributed by atoms with Gasteiger partial charge in [-0.3, -0.25) is 0 Å². The lowest BCUT2D eigenvalue weighted by Crippen LogP contribution is -2.20. The topological polar surface area (TPSA) is 21.3 Å². The Kier molecular flexibility index (Phi) is 5.13. The van der Waals surface area contributed by atoms with E-state index in [-0.39, 0.29) is 11.9 Å². The zero-order valence-electron chi connectivity index (χ0n) is 11.9. The number of rotatable bonds is 6. The van der Waals surface area contributed by atoms with Crippen molar-refractivity contribution in [3.8, 4) is 5.75 Å². The van der Waals surface area contributed by atoms with Crippen LogP contribution in [0.4, 0.5) is 4.39 Å². The van der Waals surface area contributed by atoms with E-state index in [1.54, 1.807) is 19.2 Å². The summed E-state index contributed by atoms with van der Waals surface area (Å²) in [5.74, 6) is 0.659. The highest BCUT2D eigenvalue weighted by Crippen LogP contribution is 2.19. The van der Waals surface area contributed by atoms with Crippen LogP contribution in [0.2, 0.25) is 0 Å². The average molecular weight is 273 g/mol. The molecule has 2 aromatic carbocycles. The molecule has 0 saturated heterocycles. The van der Waals surface area contributed by atoms with Crippen molar-refractivity contribution < 1.29 is 9.13 Å². The minimum atomic E-state index is -0.191. The molecule has 0 aliphatic rings. The fourth-order valence-electron chi connectivity index (χ4n) is 2.24. The van der Waals surface area contributed by atoms with E-state index in [9.17, 15) is 4.39 Å². The van der Waals surface area contributed by atoms with Crippen LogP contribution >= 0.6 is 0 Å². The van der Waals surface area contributed by atoms with Crippen LogP contribution in [0.5, 0.6) is 5.75 Å². The zero-order chi connectivity index (χ0) is 14.4. The third-order valence-corrected chi connectivity index (χ3v) is 3.35. The van der Waals surface area contributed by atoms with Crippen molar-refractivity contribution >= 4 is 0 Å². The number of nitrogens with one attached hydrogen (secondary N) is 1. The van der Waals surface area contributed by atoms with E-state index in [0.717, 1.165) is 29.8 Å². The molecule has 0 fully saturated rings. The molecule has 0 aromatic heterocycles. The van der Waals surface area contributed by atoms with E-state index in [0.29, 0.717) is 0 Å². The number of halogens is 1. The maximum absolute atomic E-state index is 13.3. The number of hydrogen-bond donors (Lipinski definition) is 1. The molecule has 2 nitrogen and oxygen atoms in total. The van der Waals surface area contributed by atoms with E-state index in [4.69, 9.17) is 4.74 Å². The molecule has 0 aliphatic carbocycles. The van der Waals surface area contributed by atoms with Crippen LogP contribution in [0.3, 0.4) is 0 Å². The maximum Gasteiger partial charge on any atom is 0.123 e. The highest BCUT2D eigenvalue weighted by Gasteiger charge is 2.09. The van der Waals surface area contributed by atoms with Gasteiger partial charge in [-0.15, -0.1) is 0 Å². The highest BCUT2D eigenvalue weighted by atomic mass is 19.1. The molecule has 3 heteroatoms. The Morgan fingerprint density at radius 2 is 1.95 bits per heavy atom. The minimum absolute atomic E-state index is 0.150. The van der Waals surface area contributed by atoms with Crippen molar-refractivity contribution in [2.45, 2.75) is 25.9 Å². The van der Waals surface area contributed by atoms with Gasteiger partial charge in [0.05, 0.1) is 7.11 Å². The van der Waals surface area contributed by atoms with Crippen LogP contribution in [0.25, 0.3) is 0 Å². The highest BCUT2D eigenvalue weighted by molar-refractivity contribution is 5.28. The molecule has 1 N–H and O–H groups in total. The fraction of sp³-hybridized carbons (Fsp3) is 0.294. The fourth-order valence-corrected chi connectivity index (χ4v) is 2.24. The van der Waals surface area contributed by atoms with Crippen molar-refractivity contribution in [3.05, 3.63) is 65.5 Å². The van der Waals surface area contributed by atoms with E-state index in [1.165, 1.54) is 6.07 Å². The van der Waals surface area contributed by atoms with Crippen molar-refractivity contribution in [2.75, 3.05) is 7.11 Å². The lowest BCUT2D eigenvalue weighted by Gasteiger charge is -2.18. The summed E-state index contributed by atoms with van der Waals surface area (Å²) >= 11 is 0. The lowest BCUT2D eigenvalue weighted by atomic mass is 10.0. The summed E-state index contributed by atoms with van der Waals surface area (Å²) < 4.78 is 18.5. The Morgan fingerprint density at radius 1 is 1.15 bits per heavy atom. The molecular formula is C17H20FNO. The minimum Gasteiger partial charge on any atom is -0.497 e. The summed E-state index contributed by atoms with van der Waals surface area (Å²) in [5.41, 5.74) is 2.13. The summed E-state index contributed by atoms with van der Waals surface area (Å²) in [7, 11) is 1.66. The molecule has 0 bridgehead atoms. The normalized spacial score (nSPS) is 12.2. The monoisotopic (exact) mass is 273 g/mol. The standard InChI is InChI=1S/C17H20FNO/c1-3-17(14-7-5-8-15(18)11-14)19-12-13-6-4-9-16(10-13)20-2/h4-11,17,19H,3,12H2,1-2H3. The first-order valence-corrected chi connectivity index (χ1v) is 6.84. The molecule has 0 heterocycles. The molecule has 0 amide bonds. The van der Waals surface area contributed by atoms with Gasteiger partial charge in [-0.05, 0) is 41.8 Å². The Hall–Kier alpha value is -1.87. The second-order valence-electron chi connectivity index (χ2n) is 4.75. The molecule has 2 rings (SSSR count). The van der Waals surface area contributed by atoms with Crippen molar-refractivity contribution in [1.82, 2.24) is 5.32 Å². The predicted octanol–water partition coefficient (Wildman–Crippen LogP) is 4.08. The third kappa shape index (κ3) is 3.81. The van der Waals surface area contributed by atoms with Crippen LogP contribution < -0.4 is 10.1 Å². The van der Waals surface area contributed by atoms with Gasteiger partial charge >= 0.3 is 0 Å². The number of methoxy groups -OCH3 is 1. The summed E-state index contributed by atoms with van der Waals surface area (Å²) in [6.45, 7) is 2.82. The molecule has 20 heavy (non-hydrogen) atoms. The van der Waals surface area contributed by atoms with Gasteiger partial charge in [0.2, 0.25) is 0 Å². The largest absolute Gasteiger partial charge is 0.497 e. The number of hydrogen-bond acceptors (Lipinski definition) is 2. The summed E-state index contributed by atoms with van der Waals surface area (Å²) in [6.07, 6.45) is 0.910. The Bertz CT molecular complexity index is 556. The van der Waals surface area contributed by atoms with E-state index < -0.39 is 0 Å². The molecule has 0 radical (unpaired) electrons. The Labute approximate surface area is 119 Å². The predicted molar refractivity (Wildman–Crippen MR) is 79.3 cm³/mol. The number of benzene rings is 2. The molecule has 1 unspecified atom stereocenters. The van der Waals surface area contributed by atoms with Crippen LogP contribution in [0.15, 0.2) is 48.5 Å². The molecule has 1 atom stereocenters. The number of ether oxygens (including phenoxy) is 1. The van der Waals surface area contributed by atoms with Crippen LogP contribution in [0.1, 0.15) is 30.5 Å². The maximum atomic E-state index is 13.3. The SMILES string of the molecule is CCC(NCc1cccc(OC)c1)c1cccc(F)c1. The van der Waals surface area contributed by atoms with E-state index >= 15 is 0 Å². The van der Waals surface area contributed by atoms with Gasteiger partial charge in [0.15, 0.2) is 0 Å². The van der Waals surface area contributed by atoms with Gasteiger partial charge in [-0.2, -0.15) is 0 Å². The second kappa shape index (κ2) is 7.06. The molecule has 0 aliphatic heterocycles. The smallest absolute Gasteiger partial charge is 0.123 e. The van der Waals surface area contributed by atoms with Gasteiger partial charge in [0.25, 0.3) is 0 Å². The van der Waals surface area contributed by atoms with Crippen molar-refractivity contribution in [2.24, 2.45) is 0 Å². The summed E-state index contributed by atoms with van der Waals surface area (Å²) in [4.78, 5) is 0. The van der Waals surface area contributed by atoms with Crippen molar-refractivity contribution in [1.29, 1.82) is 0 Å². The van der Waals surface area contributed by atoms with E-state index in [1.807, 2.05) is 30.3 Å². The van der Waals surface area contributed by atoms with Gasteiger partial charge in [0.1, 0.15) is 11.6 Å². The van der Waals surface area contributed by atoms with Gasteiger partial charge in [0, 0.05) is 12.6 Å². The summed E-state index contributed by atoms with van der Waals surface area (Å²) in [5, 5.41) is 3.46. The first-order valence-electron chi connectivity index (χ1n) is 6.84. The van der Waals surface area contributed by atoms with Gasteiger partial charge in [-0.25, -0.2) is 4.39 Å². The molecule has 0 spiro atoms. The molecule has 0 saturated carbocycles. The second-order valence-corrected chi connectivity index (χ2v) is 4.75. The average Bonchev–Trinajstić information content (AvgIpc) is 2.48. The molecule has 2 aromatic rings. The first kappa shape index (κ1) is 14.5. The quantitative estimate of drug-likeness (QED) is 0.856. The first-order chi connectivity index (χ1) is 9.72. The third-order valence-electron chi connectivity index (χ3n) is 3.35.